The molecule has 0 amide bonds. The Morgan fingerprint density at radius 2 is 1.78 bits per heavy atom. The van der Waals surface area contributed by atoms with Crippen molar-refractivity contribution in [2.45, 2.75) is 6.54 Å². The summed E-state index contributed by atoms with van der Waals surface area (Å²) < 4.78 is 0. The van der Waals surface area contributed by atoms with E-state index in [0.29, 0.717) is 0 Å². The van der Waals surface area contributed by atoms with Crippen molar-refractivity contribution in [2.75, 3.05) is 31.1 Å². The molecule has 1 N–H and O–H groups in total. The van der Waals surface area contributed by atoms with Crippen molar-refractivity contribution in [2.24, 2.45) is 0 Å². The van der Waals surface area contributed by atoms with E-state index < -0.39 is 0 Å². The summed E-state index contributed by atoms with van der Waals surface area (Å²) in [5, 5.41) is 0.783. The van der Waals surface area contributed by atoms with Crippen molar-refractivity contribution in [3.05, 3.63) is 47.5 Å². The van der Waals surface area contributed by atoms with Crippen LogP contribution in [0.1, 0.15) is 5.56 Å². The van der Waals surface area contributed by atoms with Crippen LogP contribution in [0.15, 0.2) is 36.9 Å². The number of anilines is 1. The second kappa shape index (κ2) is 6.14. The number of rotatable bonds is 3. The van der Waals surface area contributed by atoms with Crippen LogP contribution in [-0.2, 0) is 6.54 Å². The van der Waals surface area contributed by atoms with Crippen LogP contribution in [0.4, 0.5) is 5.82 Å². The van der Waals surface area contributed by atoms with E-state index in [4.69, 9.17) is 11.6 Å². The van der Waals surface area contributed by atoms with Crippen LogP contribution in [0.5, 0.6) is 0 Å². The first-order valence-electron chi connectivity index (χ1n) is 7.65. The topological polar surface area (TPSA) is 60.9 Å². The molecule has 1 fully saturated rings. The van der Waals surface area contributed by atoms with Crippen LogP contribution in [0.25, 0.3) is 11.2 Å². The van der Waals surface area contributed by atoms with E-state index in [-0.39, 0.29) is 0 Å². The number of hydrogen-bond donors (Lipinski definition) is 1. The quantitative estimate of drug-likeness (QED) is 0.799. The zero-order chi connectivity index (χ0) is 15.6. The van der Waals surface area contributed by atoms with Crippen molar-refractivity contribution in [1.82, 2.24) is 24.8 Å². The maximum atomic E-state index is 5.94. The third kappa shape index (κ3) is 3.00. The molecule has 3 aromatic rings. The summed E-state index contributed by atoms with van der Waals surface area (Å²) in [5.41, 5.74) is 2.93. The van der Waals surface area contributed by atoms with Crippen LogP contribution in [-0.4, -0.2) is 51.0 Å². The van der Waals surface area contributed by atoms with Gasteiger partial charge in [-0.25, -0.2) is 15.0 Å². The lowest BCUT2D eigenvalue weighted by molar-refractivity contribution is 0.249. The minimum atomic E-state index is 0.721. The summed E-state index contributed by atoms with van der Waals surface area (Å²) in [6, 6.07) is 8.08. The number of fused-ring (bicyclic) bond motifs is 1. The summed E-state index contributed by atoms with van der Waals surface area (Å²) in [4.78, 5) is 20.7. The van der Waals surface area contributed by atoms with Crippen LogP contribution in [0, 0.1) is 0 Å². The summed E-state index contributed by atoms with van der Waals surface area (Å²) >= 11 is 5.94. The van der Waals surface area contributed by atoms with Crippen molar-refractivity contribution in [3.63, 3.8) is 0 Å². The Kier molecular flexibility index (Phi) is 3.85. The number of aromatic amines is 1. The van der Waals surface area contributed by atoms with Crippen molar-refractivity contribution in [3.8, 4) is 0 Å². The number of halogens is 1. The van der Waals surface area contributed by atoms with Gasteiger partial charge in [0.2, 0.25) is 0 Å². The molecule has 1 aliphatic heterocycles. The largest absolute Gasteiger partial charge is 0.352 e. The van der Waals surface area contributed by atoms with Gasteiger partial charge in [-0.3, -0.25) is 4.90 Å². The zero-order valence-electron chi connectivity index (χ0n) is 12.6. The van der Waals surface area contributed by atoms with Crippen molar-refractivity contribution < 1.29 is 0 Å². The molecule has 4 rings (SSSR count). The number of piperazine rings is 1. The van der Waals surface area contributed by atoms with E-state index in [0.717, 1.165) is 54.7 Å². The second-order valence-corrected chi connectivity index (χ2v) is 6.12. The highest BCUT2D eigenvalue weighted by Crippen LogP contribution is 2.21. The average Bonchev–Trinajstić information content (AvgIpc) is 3.06. The van der Waals surface area contributed by atoms with Crippen LogP contribution >= 0.6 is 11.6 Å². The summed E-state index contributed by atoms with van der Waals surface area (Å²) in [6.07, 6.45) is 3.25. The van der Waals surface area contributed by atoms with Gasteiger partial charge >= 0.3 is 0 Å². The molecular formula is C16H17ClN6. The third-order valence-electron chi connectivity index (χ3n) is 4.19. The number of aromatic nitrogens is 4. The number of imidazole rings is 1. The standard InChI is InChI=1S/C16H17ClN6/c17-13-3-1-12(2-4-13)9-22-5-7-23(8-6-22)16-14-15(19-10-18-14)20-11-21-16/h1-4,10-11H,5-9H2,(H,18,19,20,21). The smallest absolute Gasteiger partial charge is 0.182 e. The molecular weight excluding hydrogens is 312 g/mol. The summed E-state index contributed by atoms with van der Waals surface area (Å²) in [7, 11) is 0. The lowest BCUT2D eigenvalue weighted by atomic mass is 10.2. The highest BCUT2D eigenvalue weighted by molar-refractivity contribution is 6.30. The molecule has 0 radical (unpaired) electrons. The van der Waals surface area contributed by atoms with Crippen molar-refractivity contribution in [1.29, 1.82) is 0 Å². The van der Waals surface area contributed by atoms with Crippen LogP contribution in [0.2, 0.25) is 5.02 Å². The fourth-order valence-corrected chi connectivity index (χ4v) is 3.08. The number of hydrogen-bond acceptors (Lipinski definition) is 5. The Morgan fingerprint density at radius 3 is 2.57 bits per heavy atom. The van der Waals surface area contributed by atoms with E-state index in [1.54, 1.807) is 12.7 Å². The Labute approximate surface area is 139 Å². The highest BCUT2D eigenvalue weighted by atomic mass is 35.5. The molecule has 6 nitrogen and oxygen atoms in total. The first-order valence-corrected chi connectivity index (χ1v) is 8.03. The third-order valence-corrected chi connectivity index (χ3v) is 4.45. The molecule has 1 saturated heterocycles. The van der Waals surface area contributed by atoms with Gasteiger partial charge in [-0.2, -0.15) is 0 Å². The monoisotopic (exact) mass is 328 g/mol. The van der Waals surface area contributed by atoms with Crippen molar-refractivity contribution >= 4 is 28.6 Å². The normalized spacial score (nSPS) is 16.1. The van der Waals surface area contributed by atoms with E-state index in [2.05, 4.69) is 41.9 Å². The van der Waals surface area contributed by atoms with Crippen LogP contribution < -0.4 is 4.90 Å². The Hall–Kier alpha value is -2.18. The first-order chi connectivity index (χ1) is 11.3. The van der Waals surface area contributed by atoms with E-state index >= 15 is 0 Å². The number of benzene rings is 1. The predicted octanol–water partition coefficient (Wildman–Crippen LogP) is 2.33. The van der Waals surface area contributed by atoms with E-state index in [1.165, 1.54) is 5.56 Å². The molecule has 0 atom stereocenters. The molecule has 3 heterocycles. The lowest BCUT2D eigenvalue weighted by Crippen LogP contribution is -2.46. The molecule has 2 aromatic heterocycles. The average molecular weight is 329 g/mol. The van der Waals surface area contributed by atoms with Gasteiger partial charge in [0.05, 0.1) is 6.33 Å². The minimum absolute atomic E-state index is 0.721. The van der Waals surface area contributed by atoms with Gasteiger partial charge in [-0.05, 0) is 17.7 Å². The molecule has 0 bridgehead atoms. The molecule has 0 aliphatic carbocycles. The maximum absolute atomic E-state index is 5.94. The Morgan fingerprint density at radius 1 is 1.00 bits per heavy atom. The molecule has 0 spiro atoms. The second-order valence-electron chi connectivity index (χ2n) is 5.69. The van der Waals surface area contributed by atoms with Gasteiger partial charge in [0.25, 0.3) is 0 Å². The van der Waals surface area contributed by atoms with Gasteiger partial charge < -0.3 is 9.88 Å². The SMILES string of the molecule is Clc1ccc(CN2CCN(c3ncnc4nc[nH]c34)CC2)cc1. The van der Waals surface area contributed by atoms with E-state index in [9.17, 15) is 0 Å². The maximum Gasteiger partial charge on any atom is 0.182 e. The van der Waals surface area contributed by atoms with Gasteiger partial charge in [0.1, 0.15) is 11.8 Å². The van der Waals surface area contributed by atoms with Gasteiger partial charge in [0, 0.05) is 37.7 Å². The predicted molar refractivity (Wildman–Crippen MR) is 90.6 cm³/mol. The van der Waals surface area contributed by atoms with Gasteiger partial charge in [-0.15, -0.1) is 0 Å². The fraction of sp³-hybridized carbons (Fsp3) is 0.312. The Balaban J connectivity index is 1.43. The fourth-order valence-electron chi connectivity index (χ4n) is 2.96. The Bertz CT molecular complexity index is 792. The highest BCUT2D eigenvalue weighted by Gasteiger charge is 2.20. The minimum Gasteiger partial charge on any atom is -0.352 e. The molecule has 1 aromatic carbocycles. The number of nitrogens with one attached hydrogen (secondary N) is 1. The molecule has 7 heteroatoms. The van der Waals surface area contributed by atoms with E-state index in [1.807, 2.05) is 12.1 Å². The van der Waals surface area contributed by atoms with Gasteiger partial charge in [0.15, 0.2) is 11.5 Å². The first kappa shape index (κ1) is 14.4. The number of H-pyrrole nitrogens is 1. The lowest BCUT2D eigenvalue weighted by Gasteiger charge is -2.35. The summed E-state index contributed by atoms with van der Waals surface area (Å²) in [6.45, 7) is 4.84. The molecule has 23 heavy (non-hydrogen) atoms. The van der Waals surface area contributed by atoms with Gasteiger partial charge in [-0.1, -0.05) is 23.7 Å². The number of nitrogens with zero attached hydrogens (tertiary/aromatic N) is 5. The molecule has 0 saturated carbocycles. The molecule has 0 unspecified atom stereocenters. The summed E-state index contributed by atoms with van der Waals surface area (Å²) in [5.74, 6) is 0.943. The molecule has 118 valence electrons. The van der Waals surface area contributed by atoms with Crippen LogP contribution in [0.3, 0.4) is 0 Å². The zero-order valence-corrected chi connectivity index (χ0v) is 13.4. The molecule has 1 aliphatic rings.